The molecular formula is C20H22BrNO. The third-order valence-electron chi connectivity index (χ3n) is 5.03. The highest BCUT2D eigenvalue weighted by Gasteiger charge is 2.49. The van der Waals surface area contributed by atoms with E-state index in [1.165, 1.54) is 11.1 Å². The van der Waals surface area contributed by atoms with Crippen LogP contribution in [0.5, 0.6) is 0 Å². The van der Waals surface area contributed by atoms with Gasteiger partial charge in [-0.3, -0.25) is 4.79 Å². The first-order chi connectivity index (χ1) is 11.0. The fourth-order valence-corrected chi connectivity index (χ4v) is 3.56. The average Bonchev–Trinajstić information content (AvgIpc) is 3.32. The van der Waals surface area contributed by atoms with E-state index in [4.69, 9.17) is 0 Å². The Morgan fingerprint density at radius 3 is 2.43 bits per heavy atom. The number of nitrogens with one attached hydrogen (secondary N) is 1. The summed E-state index contributed by atoms with van der Waals surface area (Å²) in [4.78, 5) is 12.4. The van der Waals surface area contributed by atoms with Crippen molar-refractivity contribution < 1.29 is 4.79 Å². The number of aryl methyl sites for hydroxylation is 1. The quantitative estimate of drug-likeness (QED) is 0.821. The van der Waals surface area contributed by atoms with E-state index in [-0.39, 0.29) is 17.4 Å². The molecule has 2 aromatic rings. The van der Waals surface area contributed by atoms with E-state index >= 15 is 0 Å². The van der Waals surface area contributed by atoms with Gasteiger partial charge in [0.2, 0.25) is 5.91 Å². The molecule has 2 aromatic carbocycles. The molecule has 1 atom stereocenters. The van der Waals surface area contributed by atoms with E-state index in [9.17, 15) is 4.79 Å². The molecule has 0 aromatic heterocycles. The summed E-state index contributed by atoms with van der Waals surface area (Å²) in [5.41, 5.74) is 3.71. The summed E-state index contributed by atoms with van der Waals surface area (Å²) in [5, 5.41) is 3.22. The van der Waals surface area contributed by atoms with E-state index in [2.05, 4.69) is 65.4 Å². The van der Waals surface area contributed by atoms with Crippen LogP contribution in [0.2, 0.25) is 0 Å². The Morgan fingerprint density at radius 1 is 1.17 bits per heavy atom. The van der Waals surface area contributed by atoms with E-state index in [0.717, 1.165) is 22.9 Å². The van der Waals surface area contributed by atoms with E-state index in [1.807, 2.05) is 18.2 Å². The fraction of sp³-hybridized carbons (Fsp3) is 0.350. The molecule has 3 rings (SSSR count). The first-order valence-electron chi connectivity index (χ1n) is 8.11. The monoisotopic (exact) mass is 371 g/mol. The van der Waals surface area contributed by atoms with Crippen molar-refractivity contribution in [1.29, 1.82) is 0 Å². The molecule has 1 fully saturated rings. The second kappa shape index (κ2) is 6.48. The van der Waals surface area contributed by atoms with Crippen molar-refractivity contribution in [3.05, 3.63) is 69.7 Å². The van der Waals surface area contributed by atoms with Gasteiger partial charge in [0, 0.05) is 15.9 Å². The number of carbonyl (C=O) groups is 1. The van der Waals surface area contributed by atoms with Crippen molar-refractivity contribution in [3.63, 3.8) is 0 Å². The summed E-state index contributed by atoms with van der Waals surface area (Å²) in [6, 6.07) is 16.7. The lowest BCUT2D eigenvalue weighted by atomic mass is 9.89. The minimum absolute atomic E-state index is 0.107. The lowest BCUT2D eigenvalue weighted by Gasteiger charge is -2.25. The first-order valence-corrected chi connectivity index (χ1v) is 8.90. The molecule has 0 heterocycles. The number of rotatable bonds is 5. The number of halogens is 1. The van der Waals surface area contributed by atoms with Crippen LogP contribution in [0.3, 0.4) is 0 Å². The number of benzene rings is 2. The smallest absolute Gasteiger partial charge is 0.224 e. The zero-order chi connectivity index (χ0) is 16.4. The van der Waals surface area contributed by atoms with Gasteiger partial charge in [0.05, 0.1) is 6.42 Å². The van der Waals surface area contributed by atoms with Gasteiger partial charge in [-0.1, -0.05) is 52.3 Å². The minimum atomic E-state index is 0.107. The van der Waals surface area contributed by atoms with Crippen LogP contribution in [0.4, 0.5) is 0 Å². The molecule has 0 spiro atoms. The molecule has 23 heavy (non-hydrogen) atoms. The molecule has 1 unspecified atom stereocenters. The highest BCUT2D eigenvalue weighted by Crippen LogP contribution is 2.51. The molecule has 120 valence electrons. The van der Waals surface area contributed by atoms with Crippen LogP contribution in [-0.4, -0.2) is 11.9 Å². The van der Waals surface area contributed by atoms with Crippen LogP contribution in [-0.2, 0) is 16.6 Å². The molecule has 0 saturated heterocycles. The molecule has 1 amide bonds. The van der Waals surface area contributed by atoms with Crippen LogP contribution in [0, 0.1) is 6.92 Å². The lowest BCUT2D eigenvalue weighted by Crippen LogP contribution is -2.42. The minimum Gasteiger partial charge on any atom is -0.352 e. The third-order valence-corrected chi connectivity index (χ3v) is 5.56. The Hall–Kier alpha value is -1.61. The van der Waals surface area contributed by atoms with Crippen LogP contribution in [0.25, 0.3) is 0 Å². The van der Waals surface area contributed by atoms with Crippen molar-refractivity contribution in [1.82, 2.24) is 5.32 Å². The number of amides is 1. The van der Waals surface area contributed by atoms with Crippen molar-refractivity contribution in [3.8, 4) is 0 Å². The summed E-state index contributed by atoms with van der Waals surface area (Å²) < 4.78 is 1.09. The van der Waals surface area contributed by atoms with E-state index < -0.39 is 0 Å². The van der Waals surface area contributed by atoms with Gasteiger partial charge in [-0.05, 0) is 55.5 Å². The molecule has 0 radical (unpaired) electrons. The number of hydrogen-bond acceptors (Lipinski definition) is 1. The summed E-state index contributed by atoms with van der Waals surface area (Å²) in [5.74, 6) is 0.107. The zero-order valence-corrected chi connectivity index (χ0v) is 15.2. The Labute approximate surface area is 146 Å². The van der Waals surface area contributed by atoms with Gasteiger partial charge < -0.3 is 5.32 Å². The van der Waals surface area contributed by atoms with Crippen LogP contribution in [0.1, 0.15) is 36.5 Å². The molecule has 1 aliphatic carbocycles. The normalized spacial score (nSPS) is 16.7. The highest BCUT2D eigenvalue weighted by molar-refractivity contribution is 9.10. The second-order valence-electron chi connectivity index (χ2n) is 6.56. The first kappa shape index (κ1) is 16.3. The maximum absolute atomic E-state index is 12.4. The molecule has 0 bridgehead atoms. The SMILES string of the molecule is Cc1ccccc1CC(=O)NC(C)C1(c2ccc(Br)cc2)CC1. The predicted molar refractivity (Wildman–Crippen MR) is 97.5 cm³/mol. The Morgan fingerprint density at radius 2 is 1.83 bits per heavy atom. The number of carbonyl (C=O) groups excluding carboxylic acids is 1. The highest BCUT2D eigenvalue weighted by atomic mass is 79.9. The third kappa shape index (κ3) is 3.50. The van der Waals surface area contributed by atoms with Gasteiger partial charge in [0.1, 0.15) is 0 Å². The van der Waals surface area contributed by atoms with Gasteiger partial charge in [0.25, 0.3) is 0 Å². The Balaban J connectivity index is 1.67. The summed E-state index contributed by atoms with van der Waals surface area (Å²) in [6.45, 7) is 4.18. The van der Waals surface area contributed by atoms with Gasteiger partial charge in [0.15, 0.2) is 0 Å². The molecular weight excluding hydrogens is 350 g/mol. The molecule has 3 heteroatoms. The van der Waals surface area contributed by atoms with Crippen LogP contribution >= 0.6 is 15.9 Å². The topological polar surface area (TPSA) is 29.1 Å². The van der Waals surface area contributed by atoms with Gasteiger partial charge in [-0.2, -0.15) is 0 Å². The van der Waals surface area contributed by atoms with Crippen molar-refractivity contribution >= 4 is 21.8 Å². The molecule has 0 aliphatic heterocycles. The van der Waals surface area contributed by atoms with Gasteiger partial charge in [-0.25, -0.2) is 0 Å². The maximum atomic E-state index is 12.4. The Bertz CT molecular complexity index is 704. The van der Waals surface area contributed by atoms with Gasteiger partial charge in [-0.15, -0.1) is 0 Å². The van der Waals surface area contributed by atoms with Crippen molar-refractivity contribution in [2.75, 3.05) is 0 Å². The van der Waals surface area contributed by atoms with Crippen LogP contribution < -0.4 is 5.32 Å². The standard InChI is InChI=1S/C20H22BrNO/c1-14-5-3-4-6-16(14)13-19(23)22-15(2)20(11-12-20)17-7-9-18(21)10-8-17/h3-10,15H,11-13H2,1-2H3,(H,22,23). The summed E-state index contributed by atoms with van der Waals surface area (Å²) in [7, 11) is 0. The summed E-state index contributed by atoms with van der Waals surface area (Å²) >= 11 is 3.48. The van der Waals surface area contributed by atoms with Crippen LogP contribution in [0.15, 0.2) is 53.0 Å². The maximum Gasteiger partial charge on any atom is 0.224 e. The molecule has 1 N–H and O–H groups in total. The average molecular weight is 372 g/mol. The summed E-state index contributed by atoms with van der Waals surface area (Å²) in [6.07, 6.45) is 2.73. The zero-order valence-electron chi connectivity index (χ0n) is 13.6. The molecule has 2 nitrogen and oxygen atoms in total. The lowest BCUT2D eigenvalue weighted by molar-refractivity contribution is -0.121. The molecule has 1 aliphatic rings. The van der Waals surface area contributed by atoms with Gasteiger partial charge >= 0.3 is 0 Å². The predicted octanol–water partition coefficient (Wildman–Crippen LogP) is 4.54. The Kier molecular flexibility index (Phi) is 4.58. The fourth-order valence-electron chi connectivity index (χ4n) is 3.30. The number of hydrogen-bond donors (Lipinski definition) is 1. The second-order valence-corrected chi connectivity index (χ2v) is 7.47. The van der Waals surface area contributed by atoms with E-state index in [1.54, 1.807) is 0 Å². The van der Waals surface area contributed by atoms with Crippen molar-refractivity contribution in [2.24, 2.45) is 0 Å². The van der Waals surface area contributed by atoms with Crippen molar-refractivity contribution in [2.45, 2.75) is 44.6 Å². The molecule has 1 saturated carbocycles. The van der Waals surface area contributed by atoms with E-state index in [0.29, 0.717) is 6.42 Å². The largest absolute Gasteiger partial charge is 0.352 e.